The van der Waals surface area contributed by atoms with Crippen LogP contribution in [0.25, 0.3) is 0 Å². The number of ether oxygens (including phenoxy) is 1. The maximum absolute atomic E-state index is 12.9. The zero-order chi connectivity index (χ0) is 21.2. The lowest BCUT2D eigenvalue weighted by molar-refractivity contribution is -0.142. The molecule has 0 bridgehead atoms. The van der Waals surface area contributed by atoms with Crippen LogP contribution in [0.2, 0.25) is 5.02 Å². The number of benzene rings is 2. The van der Waals surface area contributed by atoms with Gasteiger partial charge in [0.1, 0.15) is 11.8 Å². The molecule has 156 valence electrons. The molecule has 1 atom stereocenters. The molecule has 0 radical (unpaired) electrons. The molecule has 0 saturated carbocycles. The monoisotopic (exact) mass is 416 g/mol. The molecule has 0 aliphatic heterocycles. The topological polar surface area (TPSA) is 58.6 Å². The molecule has 0 spiro atoms. The van der Waals surface area contributed by atoms with Crippen LogP contribution in [0.1, 0.15) is 37.8 Å². The number of carbonyl (C=O) groups excluding carboxylic acids is 2. The number of nitrogens with zero attached hydrogens (tertiary/aromatic N) is 1. The Morgan fingerprint density at radius 2 is 1.90 bits per heavy atom. The molecule has 0 aliphatic carbocycles. The fourth-order valence-corrected chi connectivity index (χ4v) is 2.97. The third-order valence-electron chi connectivity index (χ3n) is 4.63. The highest BCUT2D eigenvalue weighted by atomic mass is 35.5. The van der Waals surface area contributed by atoms with E-state index in [9.17, 15) is 9.59 Å². The first-order chi connectivity index (χ1) is 13.9. The first-order valence-electron chi connectivity index (χ1n) is 9.91. The van der Waals surface area contributed by atoms with Gasteiger partial charge in [-0.1, -0.05) is 60.8 Å². The molecule has 6 heteroatoms. The summed E-state index contributed by atoms with van der Waals surface area (Å²) >= 11 is 5.97. The molecule has 2 aromatic rings. The summed E-state index contributed by atoms with van der Waals surface area (Å²) in [5, 5.41) is 3.44. The average Bonchev–Trinajstić information content (AvgIpc) is 2.71. The molecule has 5 nitrogen and oxygen atoms in total. The van der Waals surface area contributed by atoms with E-state index in [0.29, 0.717) is 23.9 Å². The zero-order valence-electron chi connectivity index (χ0n) is 17.3. The van der Waals surface area contributed by atoms with Crippen molar-refractivity contribution in [2.45, 2.75) is 46.2 Å². The molecule has 0 fully saturated rings. The molecule has 0 aromatic heterocycles. The summed E-state index contributed by atoms with van der Waals surface area (Å²) in [6.45, 7) is 6.59. The summed E-state index contributed by atoms with van der Waals surface area (Å²) in [6.07, 6.45) is 1.90. The fourth-order valence-electron chi connectivity index (χ4n) is 2.79. The SMILES string of the molecule is CCCCNC(=O)[C@H](C)N(Cc1ccc(C)cc1)C(=O)COc1cccc(Cl)c1. The molecule has 2 rings (SSSR count). The summed E-state index contributed by atoms with van der Waals surface area (Å²) < 4.78 is 5.61. The highest BCUT2D eigenvalue weighted by Crippen LogP contribution is 2.18. The van der Waals surface area contributed by atoms with Crippen LogP contribution in [0, 0.1) is 6.92 Å². The summed E-state index contributed by atoms with van der Waals surface area (Å²) in [6, 6.07) is 14.2. The number of amides is 2. The summed E-state index contributed by atoms with van der Waals surface area (Å²) in [4.78, 5) is 27.1. The number of nitrogens with one attached hydrogen (secondary N) is 1. The Hall–Kier alpha value is -2.53. The highest BCUT2D eigenvalue weighted by Gasteiger charge is 2.26. The second kappa shape index (κ2) is 11.5. The molecule has 0 aliphatic rings. The van der Waals surface area contributed by atoms with Gasteiger partial charge < -0.3 is 15.0 Å². The van der Waals surface area contributed by atoms with Gasteiger partial charge in [0, 0.05) is 18.1 Å². The van der Waals surface area contributed by atoms with Gasteiger partial charge in [-0.2, -0.15) is 0 Å². The number of unbranched alkanes of at least 4 members (excludes halogenated alkanes) is 1. The van der Waals surface area contributed by atoms with Crippen LogP contribution in [0.5, 0.6) is 5.75 Å². The van der Waals surface area contributed by atoms with Crippen molar-refractivity contribution in [1.29, 1.82) is 0 Å². The molecule has 2 amide bonds. The molecule has 0 saturated heterocycles. The van der Waals surface area contributed by atoms with Crippen LogP contribution < -0.4 is 10.1 Å². The molecule has 1 N–H and O–H groups in total. The summed E-state index contributed by atoms with van der Waals surface area (Å²) in [5.41, 5.74) is 2.10. The van der Waals surface area contributed by atoms with Crippen molar-refractivity contribution in [3.63, 3.8) is 0 Å². The van der Waals surface area contributed by atoms with Gasteiger partial charge in [0.15, 0.2) is 6.61 Å². The third-order valence-corrected chi connectivity index (χ3v) is 4.86. The fraction of sp³-hybridized carbons (Fsp3) is 0.391. The zero-order valence-corrected chi connectivity index (χ0v) is 18.0. The normalized spacial score (nSPS) is 11.6. The van der Waals surface area contributed by atoms with E-state index in [1.165, 1.54) is 0 Å². The number of carbonyl (C=O) groups is 2. The van der Waals surface area contributed by atoms with Crippen molar-refractivity contribution in [3.05, 3.63) is 64.7 Å². The average molecular weight is 417 g/mol. The Labute approximate surface area is 178 Å². The standard InChI is InChI=1S/C23H29ClN2O3/c1-4-5-13-25-23(28)18(3)26(15-19-11-9-17(2)10-12-19)22(27)16-29-21-8-6-7-20(24)14-21/h6-12,14,18H,4-5,13,15-16H2,1-3H3,(H,25,28)/t18-/m0/s1. The second-order valence-electron chi connectivity index (χ2n) is 7.07. The maximum Gasteiger partial charge on any atom is 0.261 e. The van der Waals surface area contributed by atoms with Crippen molar-refractivity contribution in [2.75, 3.05) is 13.2 Å². The quantitative estimate of drug-likeness (QED) is 0.585. The van der Waals surface area contributed by atoms with Crippen molar-refractivity contribution in [2.24, 2.45) is 0 Å². The predicted octanol–water partition coefficient (Wildman–Crippen LogP) is 4.36. The summed E-state index contributed by atoms with van der Waals surface area (Å²) in [7, 11) is 0. The van der Waals surface area contributed by atoms with Gasteiger partial charge in [0.2, 0.25) is 5.91 Å². The Bertz CT molecular complexity index is 808. The van der Waals surface area contributed by atoms with E-state index < -0.39 is 6.04 Å². The number of hydrogen-bond donors (Lipinski definition) is 1. The van der Waals surface area contributed by atoms with Crippen LogP contribution in [-0.2, 0) is 16.1 Å². The predicted molar refractivity (Wildman–Crippen MR) is 116 cm³/mol. The number of aryl methyl sites for hydroxylation is 1. The maximum atomic E-state index is 12.9. The van der Waals surface area contributed by atoms with Crippen molar-refractivity contribution in [3.8, 4) is 5.75 Å². The number of halogens is 1. The Kier molecular flexibility index (Phi) is 9.00. The van der Waals surface area contributed by atoms with E-state index in [4.69, 9.17) is 16.3 Å². The molecular formula is C23H29ClN2O3. The first kappa shape index (κ1) is 22.8. The van der Waals surface area contributed by atoms with Crippen molar-refractivity contribution >= 4 is 23.4 Å². The third kappa shape index (κ3) is 7.42. The minimum absolute atomic E-state index is 0.165. The van der Waals surface area contributed by atoms with Gasteiger partial charge in [-0.3, -0.25) is 9.59 Å². The van der Waals surface area contributed by atoms with Gasteiger partial charge in [-0.25, -0.2) is 0 Å². The smallest absolute Gasteiger partial charge is 0.261 e. The lowest BCUT2D eigenvalue weighted by Gasteiger charge is -2.28. The van der Waals surface area contributed by atoms with Crippen LogP contribution in [0.3, 0.4) is 0 Å². The van der Waals surface area contributed by atoms with E-state index in [1.54, 1.807) is 36.1 Å². The second-order valence-corrected chi connectivity index (χ2v) is 7.51. The largest absolute Gasteiger partial charge is 0.484 e. The number of hydrogen-bond acceptors (Lipinski definition) is 3. The van der Waals surface area contributed by atoms with Gasteiger partial charge in [-0.05, 0) is 44.0 Å². The van der Waals surface area contributed by atoms with Crippen molar-refractivity contribution in [1.82, 2.24) is 10.2 Å². The molecule has 29 heavy (non-hydrogen) atoms. The van der Waals surface area contributed by atoms with E-state index in [0.717, 1.165) is 24.0 Å². The van der Waals surface area contributed by atoms with Gasteiger partial charge >= 0.3 is 0 Å². The minimum Gasteiger partial charge on any atom is -0.484 e. The Morgan fingerprint density at radius 3 is 2.55 bits per heavy atom. The van der Waals surface area contributed by atoms with Gasteiger partial charge in [-0.15, -0.1) is 0 Å². The lowest BCUT2D eigenvalue weighted by atomic mass is 10.1. The highest BCUT2D eigenvalue weighted by molar-refractivity contribution is 6.30. The molecule has 0 unspecified atom stereocenters. The first-order valence-corrected chi connectivity index (χ1v) is 10.3. The van der Waals surface area contributed by atoms with Crippen molar-refractivity contribution < 1.29 is 14.3 Å². The van der Waals surface area contributed by atoms with E-state index >= 15 is 0 Å². The summed E-state index contributed by atoms with van der Waals surface area (Å²) in [5.74, 6) is 0.0894. The van der Waals surface area contributed by atoms with Gasteiger partial charge in [0.25, 0.3) is 5.91 Å². The van der Waals surface area contributed by atoms with Crippen LogP contribution in [0.4, 0.5) is 0 Å². The van der Waals surface area contributed by atoms with E-state index in [2.05, 4.69) is 12.2 Å². The molecular weight excluding hydrogens is 388 g/mol. The lowest BCUT2D eigenvalue weighted by Crippen LogP contribution is -2.49. The van der Waals surface area contributed by atoms with Crippen LogP contribution in [-0.4, -0.2) is 35.9 Å². The Balaban J connectivity index is 2.10. The molecule has 0 heterocycles. The van der Waals surface area contributed by atoms with E-state index in [1.807, 2.05) is 31.2 Å². The number of rotatable bonds is 10. The van der Waals surface area contributed by atoms with Gasteiger partial charge in [0.05, 0.1) is 0 Å². The van der Waals surface area contributed by atoms with Crippen LogP contribution >= 0.6 is 11.6 Å². The minimum atomic E-state index is -0.608. The molecule has 2 aromatic carbocycles. The van der Waals surface area contributed by atoms with E-state index in [-0.39, 0.29) is 18.4 Å². The Morgan fingerprint density at radius 1 is 1.17 bits per heavy atom. The van der Waals surface area contributed by atoms with Crippen LogP contribution in [0.15, 0.2) is 48.5 Å².